The average Bonchev–Trinajstić information content (AvgIpc) is 1.39. The Hall–Kier alpha value is -0.720. The highest BCUT2D eigenvalue weighted by Gasteiger charge is 1.15. The Morgan fingerprint density at radius 3 is 1.50 bits per heavy atom. The highest BCUT2D eigenvalue weighted by Crippen LogP contribution is 1.38. The Labute approximate surface area is 39.2 Å². The van der Waals surface area contributed by atoms with Crippen LogP contribution in [0.3, 0.4) is 0 Å². The molecule has 1 nitrogen and oxygen atoms in total. The molecule has 0 aliphatic carbocycles. The normalized spacial score (nSPS) is 4.17. The second-order valence-electron chi connectivity index (χ2n) is 0.644. The molecule has 0 aromatic carbocycles. The molecule has 0 radical (unpaired) electrons. The van der Waals surface area contributed by atoms with Crippen molar-refractivity contribution in [2.24, 2.45) is 5.73 Å². The fourth-order valence-corrected chi connectivity index (χ4v) is 0. The van der Waals surface area contributed by atoms with E-state index in [1.54, 1.807) is 6.08 Å². The van der Waals surface area contributed by atoms with Gasteiger partial charge >= 0.3 is 0 Å². The van der Waals surface area contributed by atoms with Crippen molar-refractivity contribution in [2.45, 2.75) is 6.92 Å². The zero-order valence-electron chi connectivity index (χ0n) is 4.15. The molecule has 0 bridgehead atoms. The molecule has 0 aliphatic heterocycles. The average molecular weight is 85.2 g/mol. The van der Waals surface area contributed by atoms with Crippen LogP contribution in [0.5, 0.6) is 0 Å². The first-order valence-corrected chi connectivity index (χ1v) is 1.73. The summed E-state index contributed by atoms with van der Waals surface area (Å²) in [6, 6.07) is 0. The lowest BCUT2D eigenvalue weighted by molar-refractivity contribution is 1.64. The van der Waals surface area contributed by atoms with Gasteiger partial charge in [-0.05, 0) is 13.1 Å². The zero-order valence-corrected chi connectivity index (χ0v) is 4.15. The Morgan fingerprint density at radius 1 is 1.50 bits per heavy atom. The van der Waals surface area contributed by atoms with Gasteiger partial charge in [0, 0.05) is 0 Å². The third-order valence-electron chi connectivity index (χ3n) is 0. The van der Waals surface area contributed by atoms with Gasteiger partial charge in [-0.25, -0.2) is 0 Å². The molecule has 0 spiro atoms. The molecule has 36 valence electrons. The topological polar surface area (TPSA) is 26.0 Å². The summed E-state index contributed by atoms with van der Waals surface area (Å²) in [6.45, 7) is 8.39. The first-order chi connectivity index (χ1) is 2.83. The quantitative estimate of drug-likeness (QED) is 0.440. The van der Waals surface area contributed by atoms with Crippen molar-refractivity contribution in [3.05, 3.63) is 25.4 Å². The summed E-state index contributed by atoms with van der Waals surface area (Å²) in [5.74, 6) is 0. The summed E-state index contributed by atoms with van der Waals surface area (Å²) in [5, 5.41) is 0. The van der Waals surface area contributed by atoms with Crippen molar-refractivity contribution in [3.63, 3.8) is 0 Å². The third kappa shape index (κ3) is 32.9. The Kier molecular flexibility index (Phi) is 42.1. The fourth-order valence-electron chi connectivity index (χ4n) is 0. The van der Waals surface area contributed by atoms with Gasteiger partial charge in [0.05, 0.1) is 0 Å². The lowest BCUT2D eigenvalue weighted by Crippen LogP contribution is -1.67. The van der Waals surface area contributed by atoms with E-state index < -0.39 is 0 Å². The highest BCUT2D eigenvalue weighted by molar-refractivity contribution is 4.51. The lowest BCUT2D eigenvalue weighted by Gasteiger charge is -1.40. The summed E-state index contributed by atoms with van der Waals surface area (Å²) in [5.41, 5.74) is 4.61. The molecule has 0 saturated carbocycles. The van der Waals surface area contributed by atoms with E-state index in [0.717, 1.165) is 0 Å². The van der Waals surface area contributed by atoms with Crippen LogP contribution >= 0.6 is 0 Å². The van der Waals surface area contributed by atoms with E-state index in [4.69, 9.17) is 0 Å². The second kappa shape index (κ2) is 28.1. The van der Waals surface area contributed by atoms with Crippen LogP contribution in [0.1, 0.15) is 6.92 Å². The number of rotatable bonds is 0. The molecule has 0 aromatic heterocycles. The van der Waals surface area contributed by atoms with Gasteiger partial charge in [0.15, 0.2) is 0 Å². The molecule has 0 rings (SSSR count). The van der Waals surface area contributed by atoms with E-state index >= 15 is 0 Å². The first kappa shape index (κ1) is 8.99. The maximum atomic E-state index is 4.61. The highest BCUT2D eigenvalue weighted by atomic mass is 14.5. The number of hydrogen-bond donors (Lipinski definition) is 1. The van der Waals surface area contributed by atoms with Gasteiger partial charge in [-0.1, -0.05) is 12.7 Å². The predicted octanol–water partition coefficient (Wildman–Crippen LogP) is 1.28. The van der Waals surface area contributed by atoms with Gasteiger partial charge in [-0.15, -0.1) is 6.58 Å². The van der Waals surface area contributed by atoms with Gasteiger partial charge in [-0.3, -0.25) is 0 Å². The molecule has 0 amide bonds. The SMILES string of the molecule is C=CC.C=CN. The van der Waals surface area contributed by atoms with Crippen molar-refractivity contribution in [2.75, 3.05) is 0 Å². The van der Waals surface area contributed by atoms with Gasteiger partial charge in [0.25, 0.3) is 0 Å². The van der Waals surface area contributed by atoms with Gasteiger partial charge in [0.2, 0.25) is 0 Å². The maximum Gasteiger partial charge on any atom is -0.0136 e. The molecule has 2 N–H and O–H groups in total. The molecule has 0 fully saturated rings. The third-order valence-corrected chi connectivity index (χ3v) is 0. The second-order valence-corrected chi connectivity index (χ2v) is 0.644. The van der Waals surface area contributed by atoms with Crippen LogP contribution in [-0.4, -0.2) is 0 Å². The van der Waals surface area contributed by atoms with Crippen LogP contribution in [-0.2, 0) is 0 Å². The van der Waals surface area contributed by atoms with E-state index in [1.165, 1.54) is 6.20 Å². The van der Waals surface area contributed by atoms with E-state index in [9.17, 15) is 0 Å². The van der Waals surface area contributed by atoms with E-state index in [0.29, 0.717) is 0 Å². The van der Waals surface area contributed by atoms with Crippen molar-refractivity contribution in [1.29, 1.82) is 0 Å². The van der Waals surface area contributed by atoms with Crippen molar-refractivity contribution in [1.82, 2.24) is 0 Å². The maximum absolute atomic E-state index is 4.61. The minimum Gasteiger partial charge on any atom is -0.405 e. The fraction of sp³-hybridized carbons (Fsp3) is 0.200. The van der Waals surface area contributed by atoms with Crippen molar-refractivity contribution < 1.29 is 0 Å². The van der Waals surface area contributed by atoms with E-state index in [-0.39, 0.29) is 0 Å². The number of allylic oxidation sites excluding steroid dienone is 1. The summed E-state index contributed by atoms with van der Waals surface area (Å²) >= 11 is 0. The molecule has 0 unspecified atom stereocenters. The number of nitrogens with two attached hydrogens (primary N) is 1. The Bertz CT molecular complexity index is 24.9. The summed E-state index contributed by atoms with van der Waals surface area (Å²) in [6.07, 6.45) is 3.00. The van der Waals surface area contributed by atoms with Crippen LogP contribution < -0.4 is 5.73 Å². The largest absolute Gasteiger partial charge is 0.405 e. The Balaban J connectivity index is 0. The minimum absolute atomic E-state index is 1.25. The van der Waals surface area contributed by atoms with E-state index in [1.807, 2.05) is 6.92 Å². The predicted molar refractivity (Wildman–Crippen MR) is 30.3 cm³/mol. The van der Waals surface area contributed by atoms with Crippen LogP contribution in [0, 0.1) is 0 Å². The molecule has 1 heteroatoms. The van der Waals surface area contributed by atoms with Crippen molar-refractivity contribution >= 4 is 0 Å². The monoisotopic (exact) mass is 85.1 g/mol. The minimum atomic E-state index is 1.25. The summed E-state index contributed by atoms with van der Waals surface area (Å²) in [4.78, 5) is 0. The van der Waals surface area contributed by atoms with Crippen LogP contribution in [0.25, 0.3) is 0 Å². The molecular weight excluding hydrogens is 74.1 g/mol. The molecule has 0 saturated heterocycles. The van der Waals surface area contributed by atoms with Crippen LogP contribution in [0.2, 0.25) is 0 Å². The lowest BCUT2D eigenvalue weighted by atomic mass is 10.8. The van der Waals surface area contributed by atoms with Crippen LogP contribution in [0.15, 0.2) is 25.4 Å². The standard InChI is InChI=1S/C3H6.C2H5N/c1-3-2;1-2-3/h3H,1H2,2H3;2H,1,3H2. The molecule has 0 aliphatic rings. The molecule has 6 heavy (non-hydrogen) atoms. The van der Waals surface area contributed by atoms with Gasteiger partial charge < -0.3 is 5.73 Å². The van der Waals surface area contributed by atoms with Gasteiger partial charge in [0.1, 0.15) is 0 Å². The summed E-state index contributed by atoms with van der Waals surface area (Å²) < 4.78 is 0. The smallest absolute Gasteiger partial charge is 0.0136 e. The molecule has 0 heterocycles. The zero-order chi connectivity index (χ0) is 5.41. The first-order valence-electron chi connectivity index (χ1n) is 1.73. The van der Waals surface area contributed by atoms with Crippen molar-refractivity contribution in [3.8, 4) is 0 Å². The Morgan fingerprint density at radius 2 is 1.50 bits per heavy atom. The van der Waals surface area contributed by atoms with Crippen LogP contribution in [0.4, 0.5) is 0 Å². The molecular formula is C5H11N. The summed E-state index contributed by atoms with van der Waals surface area (Å²) in [7, 11) is 0. The molecule has 0 aromatic rings. The van der Waals surface area contributed by atoms with E-state index in [2.05, 4.69) is 18.9 Å². The molecule has 0 atom stereocenters. The van der Waals surface area contributed by atoms with Gasteiger partial charge in [-0.2, -0.15) is 0 Å². The number of hydrogen-bond acceptors (Lipinski definition) is 1.